The molecule has 0 aromatic rings. The van der Waals surface area contributed by atoms with Crippen LogP contribution in [0.3, 0.4) is 0 Å². The molecule has 0 saturated carbocycles. The van der Waals surface area contributed by atoms with E-state index in [0.29, 0.717) is 32.2 Å². The van der Waals surface area contributed by atoms with Crippen LogP contribution in [0.4, 0.5) is 4.79 Å². The molecule has 0 aromatic carbocycles. The van der Waals surface area contributed by atoms with E-state index in [9.17, 15) is 9.59 Å². The van der Waals surface area contributed by atoms with Crippen LogP contribution in [0.2, 0.25) is 0 Å². The maximum atomic E-state index is 11.2. The second-order valence-electron chi connectivity index (χ2n) is 4.67. The molecule has 1 rings (SSSR count). The summed E-state index contributed by atoms with van der Waals surface area (Å²) >= 11 is 0. The van der Waals surface area contributed by atoms with E-state index < -0.39 is 18.1 Å². The molecular formula is C11H21ClN4O4. The van der Waals surface area contributed by atoms with Crippen LogP contribution < -0.4 is 11.1 Å². The monoisotopic (exact) mass is 308 g/mol. The summed E-state index contributed by atoms with van der Waals surface area (Å²) in [5, 5.41) is 18.7. The van der Waals surface area contributed by atoms with Gasteiger partial charge in [-0.15, -0.1) is 12.4 Å². The van der Waals surface area contributed by atoms with Crippen LogP contribution in [0, 0.1) is 0 Å². The van der Waals surface area contributed by atoms with Gasteiger partial charge in [0.15, 0.2) is 5.66 Å². The van der Waals surface area contributed by atoms with Gasteiger partial charge in [-0.25, -0.2) is 4.79 Å². The first-order valence-corrected chi connectivity index (χ1v) is 6.26. The van der Waals surface area contributed by atoms with Crippen LogP contribution in [0.5, 0.6) is 0 Å². The lowest BCUT2D eigenvalue weighted by Gasteiger charge is -2.08. The third-order valence-electron chi connectivity index (χ3n) is 2.78. The highest BCUT2D eigenvalue weighted by molar-refractivity contribution is 5.85. The number of amides is 1. The van der Waals surface area contributed by atoms with Crippen LogP contribution in [0.1, 0.15) is 32.6 Å². The number of hydrogen-bond acceptors (Lipinski definition) is 6. The molecule has 1 atom stereocenters. The molecule has 4 N–H and O–H groups in total. The summed E-state index contributed by atoms with van der Waals surface area (Å²) in [7, 11) is 0. The van der Waals surface area contributed by atoms with Gasteiger partial charge in [0.05, 0.1) is 6.61 Å². The van der Waals surface area contributed by atoms with E-state index in [0.717, 1.165) is 0 Å². The van der Waals surface area contributed by atoms with Crippen molar-refractivity contribution < 1.29 is 19.4 Å². The summed E-state index contributed by atoms with van der Waals surface area (Å²) < 4.78 is 4.94. The molecule has 20 heavy (non-hydrogen) atoms. The lowest BCUT2D eigenvalue weighted by atomic mass is 10.1. The van der Waals surface area contributed by atoms with Gasteiger partial charge >= 0.3 is 12.1 Å². The number of nitrogens with two attached hydrogens (primary N) is 1. The zero-order chi connectivity index (χ0) is 14.3. The van der Waals surface area contributed by atoms with Crippen molar-refractivity contribution in [1.29, 1.82) is 0 Å². The molecule has 1 amide bonds. The number of halogens is 1. The smallest absolute Gasteiger partial charge is 0.407 e. The van der Waals surface area contributed by atoms with Crippen molar-refractivity contribution in [3.05, 3.63) is 0 Å². The molecular weight excluding hydrogens is 288 g/mol. The number of nitrogens with one attached hydrogen (secondary N) is 1. The number of ether oxygens (including phenoxy) is 1. The number of aliphatic carboxylic acids is 1. The number of unbranched alkanes of at least 4 members (excludes halogenated alkanes) is 1. The van der Waals surface area contributed by atoms with Crippen molar-refractivity contribution in [3.8, 4) is 0 Å². The number of carbonyl (C=O) groups is 2. The highest BCUT2D eigenvalue weighted by Crippen LogP contribution is 2.30. The lowest BCUT2D eigenvalue weighted by molar-refractivity contribution is -0.138. The molecule has 116 valence electrons. The zero-order valence-corrected chi connectivity index (χ0v) is 12.2. The van der Waals surface area contributed by atoms with Gasteiger partial charge < -0.3 is 20.9 Å². The SMILES string of the molecule is CC1(CCOC(=O)NCCCCC(N)C(=O)O)N=N1.Cl. The summed E-state index contributed by atoms with van der Waals surface area (Å²) in [6.07, 6.45) is 1.82. The Morgan fingerprint density at radius 3 is 2.60 bits per heavy atom. The number of rotatable bonds is 9. The van der Waals surface area contributed by atoms with Gasteiger partial charge in [0, 0.05) is 13.0 Å². The molecule has 8 nitrogen and oxygen atoms in total. The quantitative estimate of drug-likeness (QED) is 0.553. The number of carbonyl (C=O) groups excluding carboxylic acids is 1. The fraction of sp³-hybridized carbons (Fsp3) is 0.818. The van der Waals surface area contributed by atoms with Crippen LogP contribution in [0.15, 0.2) is 10.2 Å². The Bertz CT molecular complexity index is 358. The first-order valence-electron chi connectivity index (χ1n) is 6.26. The minimum absolute atomic E-state index is 0. The van der Waals surface area contributed by atoms with Crippen LogP contribution in [0.25, 0.3) is 0 Å². The van der Waals surface area contributed by atoms with Gasteiger partial charge in [-0.3, -0.25) is 4.79 Å². The second-order valence-corrected chi connectivity index (χ2v) is 4.67. The van der Waals surface area contributed by atoms with Gasteiger partial charge in [0.25, 0.3) is 0 Å². The van der Waals surface area contributed by atoms with E-state index >= 15 is 0 Å². The van der Waals surface area contributed by atoms with E-state index in [-0.39, 0.29) is 24.7 Å². The Morgan fingerprint density at radius 1 is 1.40 bits per heavy atom. The number of nitrogens with zero attached hydrogens (tertiary/aromatic N) is 2. The minimum atomic E-state index is -1.00. The van der Waals surface area contributed by atoms with Gasteiger partial charge in [0.2, 0.25) is 0 Å². The predicted octanol–water partition coefficient (Wildman–Crippen LogP) is 1.29. The van der Waals surface area contributed by atoms with Crippen molar-refractivity contribution >= 4 is 24.5 Å². The summed E-state index contributed by atoms with van der Waals surface area (Å²) in [6, 6.07) is -0.835. The van der Waals surface area contributed by atoms with E-state index in [2.05, 4.69) is 15.5 Å². The summed E-state index contributed by atoms with van der Waals surface area (Å²) in [6.45, 7) is 2.58. The molecule has 1 unspecified atom stereocenters. The van der Waals surface area contributed by atoms with Gasteiger partial charge in [-0.2, -0.15) is 10.2 Å². The average molecular weight is 309 g/mol. The summed E-state index contributed by atoms with van der Waals surface area (Å²) in [5.74, 6) is -1.00. The van der Waals surface area contributed by atoms with E-state index in [1.165, 1.54) is 0 Å². The first-order chi connectivity index (χ1) is 8.93. The molecule has 0 aromatic heterocycles. The van der Waals surface area contributed by atoms with Crippen molar-refractivity contribution in [2.24, 2.45) is 16.0 Å². The lowest BCUT2D eigenvalue weighted by Crippen LogP contribution is -2.30. The highest BCUT2D eigenvalue weighted by atomic mass is 35.5. The molecule has 0 fully saturated rings. The first kappa shape index (κ1) is 18.6. The third kappa shape index (κ3) is 7.90. The fourth-order valence-corrected chi connectivity index (χ4v) is 1.38. The summed E-state index contributed by atoms with van der Waals surface area (Å²) in [4.78, 5) is 21.7. The standard InChI is InChI=1S/C11H20N4O4.ClH/c1-11(14-15-11)5-7-19-10(18)13-6-3-2-4-8(12)9(16)17;/h8H,2-7,12H2,1H3,(H,13,18)(H,16,17);1H. The Morgan fingerprint density at radius 2 is 2.05 bits per heavy atom. The molecule has 9 heteroatoms. The molecule has 1 aliphatic heterocycles. The van der Waals surface area contributed by atoms with E-state index in [1.807, 2.05) is 6.92 Å². The maximum absolute atomic E-state index is 11.2. The minimum Gasteiger partial charge on any atom is -0.480 e. The van der Waals surface area contributed by atoms with Crippen molar-refractivity contribution in [1.82, 2.24) is 5.32 Å². The molecule has 0 saturated heterocycles. The van der Waals surface area contributed by atoms with Gasteiger partial charge in [-0.1, -0.05) is 0 Å². The predicted molar refractivity (Wildman–Crippen MR) is 73.9 cm³/mol. The van der Waals surface area contributed by atoms with E-state index in [1.54, 1.807) is 0 Å². The highest BCUT2D eigenvalue weighted by Gasteiger charge is 2.33. The van der Waals surface area contributed by atoms with Crippen molar-refractivity contribution in [3.63, 3.8) is 0 Å². The second kappa shape index (κ2) is 8.70. The molecule has 0 spiro atoms. The Hall–Kier alpha value is -1.41. The molecule has 1 aliphatic rings. The number of alkyl carbamates (subject to hydrolysis) is 1. The van der Waals surface area contributed by atoms with Crippen LogP contribution in [-0.4, -0.2) is 42.0 Å². The molecule has 1 heterocycles. The van der Waals surface area contributed by atoms with Crippen LogP contribution >= 0.6 is 12.4 Å². The van der Waals surface area contributed by atoms with Crippen LogP contribution in [-0.2, 0) is 9.53 Å². The number of carboxylic acids is 1. The third-order valence-corrected chi connectivity index (χ3v) is 2.78. The van der Waals surface area contributed by atoms with E-state index in [4.69, 9.17) is 15.6 Å². The maximum Gasteiger partial charge on any atom is 0.407 e. The normalized spacial score (nSPS) is 15.9. The van der Waals surface area contributed by atoms with Gasteiger partial charge in [0.1, 0.15) is 6.04 Å². The van der Waals surface area contributed by atoms with Crippen molar-refractivity contribution in [2.45, 2.75) is 44.3 Å². The molecule has 0 bridgehead atoms. The number of carboxylic acid groups (broad SMARTS) is 1. The zero-order valence-electron chi connectivity index (χ0n) is 11.4. The molecule has 0 aliphatic carbocycles. The Labute approximate surface area is 123 Å². The Kier molecular flexibility index (Phi) is 8.09. The largest absolute Gasteiger partial charge is 0.480 e. The van der Waals surface area contributed by atoms with Gasteiger partial charge in [-0.05, 0) is 26.2 Å². The molecule has 0 radical (unpaired) electrons. The summed E-state index contributed by atoms with van der Waals surface area (Å²) in [5.41, 5.74) is 4.99. The topological polar surface area (TPSA) is 126 Å². The van der Waals surface area contributed by atoms with Crippen molar-refractivity contribution in [2.75, 3.05) is 13.2 Å². The Balaban J connectivity index is 0.00000361. The average Bonchev–Trinajstić information content (AvgIpc) is 3.06. The number of hydrogen-bond donors (Lipinski definition) is 3. The fourth-order valence-electron chi connectivity index (χ4n) is 1.38.